The number of hydrogen-bond acceptors (Lipinski definition) is 3. The Hall–Kier alpha value is -2.82. The van der Waals surface area contributed by atoms with Gasteiger partial charge in [-0.2, -0.15) is 0 Å². The number of hydrogen-bond donors (Lipinski definition) is 2. The number of nitrogens with zero attached hydrogens (tertiary/aromatic N) is 1. The van der Waals surface area contributed by atoms with Crippen LogP contribution in [-0.4, -0.2) is 25.9 Å². The molecule has 0 bridgehead atoms. The van der Waals surface area contributed by atoms with Gasteiger partial charge >= 0.3 is 0 Å². The topological polar surface area (TPSA) is 61.4 Å². The van der Waals surface area contributed by atoms with E-state index in [0.717, 1.165) is 28.1 Å². The predicted octanol–water partition coefficient (Wildman–Crippen LogP) is 4.28. The van der Waals surface area contributed by atoms with Crippen molar-refractivity contribution in [3.8, 4) is 0 Å². The summed E-state index contributed by atoms with van der Waals surface area (Å²) < 4.78 is 0. The molecule has 27 heavy (non-hydrogen) atoms. The Kier molecular flexibility index (Phi) is 5.94. The van der Waals surface area contributed by atoms with Gasteiger partial charge in [-0.1, -0.05) is 17.7 Å². The quantitative estimate of drug-likeness (QED) is 0.776. The van der Waals surface area contributed by atoms with Gasteiger partial charge in [0.2, 0.25) is 11.8 Å². The molecule has 0 radical (unpaired) electrons. The van der Waals surface area contributed by atoms with Gasteiger partial charge in [0.05, 0.1) is 0 Å². The molecule has 2 aromatic carbocycles. The van der Waals surface area contributed by atoms with Crippen molar-refractivity contribution < 1.29 is 9.59 Å². The van der Waals surface area contributed by atoms with E-state index in [1.807, 2.05) is 76.2 Å². The van der Waals surface area contributed by atoms with Crippen molar-refractivity contribution in [3.63, 3.8) is 0 Å². The fourth-order valence-electron chi connectivity index (χ4n) is 2.88. The zero-order valence-corrected chi connectivity index (χ0v) is 17.2. The molecule has 0 unspecified atom stereocenters. The smallest absolute Gasteiger partial charge is 0.239 e. The van der Waals surface area contributed by atoms with E-state index in [1.165, 1.54) is 0 Å². The maximum absolute atomic E-state index is 12.8. The van der Waals surface area contributed by atoms with Crippen LogP contribution in [-0.2, 0) is 9.59 Å². The summed E-state index contributed by atoms with van der Waals surface area (Å²) in [6.45, 7) is 9.18. The number of benzene rings is 2. The first kappa shape index (κ1) is 20.5. The summed E-state index contributed by atoms with van der Waals surface area (Å²) in [5.74, 6) is -0.681. The van der Waals surface area contributed by atoms with Crippen molar-refractivity contribution in [2.24, 2.45) is 5.41 Å². The third-order valence-corrected chi connectivity index (χ3v) is 4.69. The molecule has 0 aromatic heterocycles. The molecule has 2 N–H and O–H groups in total. The summed E-state index contributed by atoms with van der Waals surface area (Å²) >= 11 is 0. The fraction of sp³-hybridized carbons (Fsp3) is 0.364. The van der Waals surface area contributed by atoms with Gasteiger partial charge in [-0.15, -0.1) is 0 Å². The van der Waals surface area contributed by atoms with Gasteiger partial charge in [0.25, 0.3) is 0 Å². The molecular weight excluding hydrogens is 338 g/mol. The first-order valence-corrected chi connectivity index (χ1v) is 9.00. The highest BCUT2D eigenvalue weighted by atomic mass is 16.2. The highest BCUT2D eigenvalue weighted by Crippen LogP contribution is 2.26. The van der Waals surface area contributed by atoms with Crippen LogP contribution in [0.1, 0.15) is 30.5 Å². The van der Waals surface area contributed by atoms with E-state index in [0.29, 0.717) is 5.69 Å². The molecular formula is C22H29N3O2. The zero-order chi connectivity index (χ0) is 20.4. The number of nitrogens with one attached hydrogen (secondary N) is 2. The normalized spacial score (nSPS) is 11.1. The summed E-state index contributed by atoms with van der Waals surface area (Å²) in [6, 6.07) is 11.5. The number of rotatable bonds is 5. The SMILES string of the molecule is Cc1cc(C)c(NC(=O)C(C)(C)C(=O)Nc2ccc(N(C)C)cc2)c(C)c1. The van der Waals surface area contributed by atoms with Crippen LogP contribution in [0.4, 0.5) is 17.1 Å². The first-order valence-electron chi connectivity index (χ1n) is 9.00. The Bertz CT molecular complexity index is 829. The molecule has 0 aliphatic rings. The van der Waals surface area contributed by atoms with E-state index in [9.17, 15) is 9.59 Å². The first-order chi connectivity index (χ1) is 12.5. The number of aryl methyl sites for hydroxylation is 3. The van der Waals surface area contributed by atoms with Crippen LogP contribution >= 0.6 is 0 Å². The third kappa shape index (κ3) is 4.67. The number of carbonyl (C=O) groups is 2. The van der Waals surface area contributed by atoms with Crippen molar-refractivity contribution in [2.45, 2.75) is 34.6 Å². The van der Waals surface area contributed by atoms with Crippen molar-refractivity contribution >= 4 is 28.9 Å². The van der Waals surface area contributed by atoms with Crippen molar-refractivity contribution in [3.05, 3.63) is 53.1 Å². The average Bonchev–Trinajstić information content (AvgIpc) is 2.58. The Morgan fingerprint density at radius 3 is 1.81 bits per heavy atom. The Morgan fingerprint density at radius 2 is 1.33 bits per heavy atom. The summed E-state index contributed by atoms with van der Waals surface area (Å²) in [5, 5.41) is 5.77. The summed E-state index contributed by atoms with van der Waals surface area (Å²) in [6.07, 6.45) is 0. The van der Waals surface area contributed by atoms with Gasteiger partial charge in [-0.05, 0) is 70.0 Å². The Labute approximate surface area is 161 Å². The third-order valence-electron chi connectivity index (χ3n) is 4.69. The lowest BCUT2D eigenvalue weighted by atomic mass is 9.90. The molecule has 2 aromatic rings. The predicted molar refractivity (Wildman–Crippen MR) is 112 cm³/mol. The molecule has 0 saturated heterocycles. The van der Waals surface area contributed by atoms with E-state index in [1.54, 1.807) is 13.8 Å². The van der Waals surface area contributed by atoms with Crippen molar-refractivity contribution in [1.29, 1.82) is 0 Å². The van der Waals surface area contributed by atoms with E-state index in [-0.39, 0.29) is 11.8 Å². The largest absolute Gasteiger partial charge is 0.378 e. The fourth-order valence-corrected chi connectivity index (χ4v) is 2.88. The van der Waals surface area contributed by atoms with Crippen LogP contribution in [0, 0.1) is 26.2 Å². The van der Waals surface area contributed by atoms with E-state index in [2.05, 4.69) is 10.6 Å². The number of carbonyl (C=O) groups excluding carboxylic acids is 2. The van der Waals surface area contributed by atoms with Crippen LogP contribution in [0.5, 0.6) is 0 Å². The molecule has 5 heteroatoms. The highest BCUT2D eigenvalue weighted by Gasteiger charge is 2.36. The maximum atomic E-state index is 12.8. The summed E-state index contributed by atoms with van der Waals surface area (Å²) in [7, 11) is 3.91. The Morgan fingerprint density at radius 1 is 0.852 bits per heavy atom. The number of amides is 2. The summed E-state index contributed by atoms with van der Waals surface area (Å²) in [5.41, 5.74) is 4.35. The second-order valence-electron chi connectivity index (χ2n) is 7.75. The van der Waals surface area contributed by atoms with Gasteiger partial charge in [-0.3, -0.25) is 9.59 Å². The molecule has 2 rings (SSSR count). The van der Waals surface area contributed by atoms with E-state index >= 15 is 0 Å². The minimum atomic E-state index is -1.22. The second kappa shape index (κ2) is 7.82. The molecule has 0 saturated carbocycles. The van der Waals surface area contributed by atoms with E-state index < -0.39 is 5.41 Å². The maximum Gasteiger partial charge on any atom is 0.239 e. The van der Waals surface area contributed by atoms with Crippen LogP contribution in [0.2, 0.25) is 0 Å². The molecule has 2 amide bonds. The molecule has 0 aliphatic carbocycles. The molecule has 0 heterocycles. The minimum absolute atomic E-state index is 0.333. The summed E-state index contributed by atoms with van der Waals surface area (Å²) in [4.78, 5) is 27.5. The van der Waals surface area contributed by atoms with Crippen LogP contribution in [0.25, 0.3) is 0 Å². The molecule has 0 fully saturated rings. The van der Waals surface area contributed by atoms with Gasteiger partial charge in [-0.25, -0.2) is 0 Å². The average molecular weight is 367 g/mol. The van der Waals surface area contributed by atoms with Crippen molar-refractivity contribution in [2.75, 3.05) is 29.6 Å². The lowest BCUT2D eigenvalue weighted by Gasteiger charge is -2.24. The lowest BCUT2D eigenvalue weighted by Crippen LogP contribution is -2.41. The van der Waals surface area contributed by atoms with Crippen LogP contribution in [0.15, 0.2) is 36.4 Å². The van der Waals surface area contributed by atoms with Gasteiger partial charge in [0.1, 0.15) is 5.41 Å². The van der Waals surface area contributed by atoms with E-state index in [4.69, 9.17) is 0 Å². The molecule has 5 nitrogen and oxygen atoms in total. The number of anilines is 3. The van der Waals surface area contributed by atoms with Crippen LogP contribution in [0.3, 0.4) is 0 Å². The van der Waals surface area contributed by atoms with Gasteiger partial charge < -0.3 is 15.5 Å². The minimum Gasteiger partial charge on any atom is -0.378 e. The molecule has 0 spiro atoms. The zero-order valence-electron chi connectivity index (χ0n) is 17.2. The molecule has 0 atom stereocenters. The van der Waals surface area contributed by atoms with Crippen LogP contribution < -0.4 is 15.5 Å². The van der Waals surface area contributed by atoms with Gasteiger partial charge in [0, 0.05) is 31.2 Å². The monoisotopic (exact) mass is 367 g/mol. The standard InChI is InChI=1S/C22H29N3O2/c1-14-12-15(2)19(16(3)13-14)24-21(27)22(4,5)20(26)23-17-8-10-18(11-9-17)25(6)7/h8-13H,1-7H3,(H,23,26)(H,24,27). The van der Waals surface area contributed by atoms with Gasteiger partial charge in [0.15, 0.2) is 0 Å². The molecule has 0 aliphatic heterocycles. The highest BCUT2D eigenvalue weighted by molar-refractivity contribution is 6.14. The lowest BCUT2D eigenvalue weighted by molar-refractivity contribution is -0.135. The Balaban J connectivity index is 2.14. The molecule has 144 valence electrons. The second-order valence-corrected chi connectivity index (χ2v) is 7.75. The van der Waals surface area contributed by atoms with Crippen molar-refractivity contribution in [1.82, 2.24) is 0 Å².